The van der Waals surface area contributed by atoms with Crippen LogP contribution >= 0.6 is 11.3 Å². The normalized spacial score (nSPS) is 10.8. The van der Waals surface area contributed by atoms with E-state index in [1.165, 1.54) is 0 Å². The Morgan fingerprint density at radius 3 is 2.05 bits per heavy atom. The topological polar surface area (TPSA) is 37.6 Å². The Balaban J connectivity index is 1.95. The summed E-state index contributed by atoms with van der Waals surface area (Å²) in [5.41, 5.74) is 3.77. The van der Waals surface area contributed by atoms with Gasteiger partial charge in [0.25, 0.3) is 0 Å². The predicted molar refractivity (Wildman–Crippen MR) is 93.0 cm³/mol. The monoisotopic (exact) mass is 305 g/mol. The second-order valence-electron chi connectivity index (χ2n) is 4.72. The first-order chi connectivity index (χ1) is 10.8. The number of thiazole rings is 1. The van der Waals surface area contributed by atoms with Crippen molar-refractivity contribution in [1.29, 1.82) is 0 Å². The highest BCUT2D eigenvalue weighted by Crippen LogP contribution is 2.11. The maximum absolute atomic E-state index is 4.42. The van der Waals surface area contributed by atoms with E-state index in [1.807, 2.05) is 73.0 Å². The highest BCUT2D eigenvalue weighted by Gasteiger charge is 2.05. The standard InChI is InChI=1S/C18H15N3S/c1-14-20-17(13-22-14)12-19-21-18(15-8-4-2-5-9-15)16-10-6-3-7-11-16/h2-13H,1H3/b19-12+. The largest absolute Gasteiger partial charge is 0.240 e. The van der Waals surface area contributed by atoms with Gasteiger partial charge < -0.3 is 0 Å². The van der Waals surface area contributed by atoms with Crippen molar-refractivity contribution in [1.82, 2.24) is 4.98 Å². The van der Waals surface area contributed by atoms with Crippen LogP contribution in [0.1, 0.15) is 21.8 Å². The molecular formula is C18H15N3S. The number of aromatic nitrogens is 1. The van der Waals surface area contributed by atoms with Crippen LogP contribution in [-0.2, 0) is 0 Å². The first-order valence-electron chi connectivity index (χ1n) is 6.97. The van der Waals surface area contributed by atoms with Crippen LogP contribution in [-0.4, -0.2) is 16.9 Å². The molecule has 3 nitrogen and oxygen atoms in total. The van der Waals surface area contributed by atoms with Crippen LogP contribution in [0, 0.1) is 6.92 Å². The molecule has 0 amide bonds. The second-order valence-corrected chi connectivity index (χ2v) is 5.78. The van der Waals surface area contributed by atoms with Crippen LogP contribution in [0.4, 0.5) is 0 Å². The van der Waals surface area contributed by atoms with Gasteiger partial charge in [-0.1, -0.05) is 60.7 Å². The lowest BCUT2D eigenvalue weighted by Crippen LogP contribution is -2.02. The molecule has 2 aromatic carbocycles. The van der Waals surface area contributed by atoms with E-state index in [2.05, 4.69) is 15.2 Å². The van der Waals surface area contributed by atoms with Gasteiger partial charge in [0.1, 0.15) is 5.71 Å². The highest BCUT2D eigenvalue weighted by atomic mass is 32.1. The van der Waals surface area contributed by atoms with Crippen molar-refractivity contribution in [3.63, 3.8) is 0 Å². The number of benzene rings is 2. The third kappa shape index (κ3) is 3.54. The highest BCUT2D eigenvalue weighted by molar-refractivity contribution is 7.09. The number of nitrogens with zero attached hydrogens (tertiary/aromatic N) is 3. The maximum Gasteiger partial charge on any atom is 0.100 e. The molecule has 108 valence electrons. The summed E-state index contributed by atoms with van der Waals surface area (Å²) >= 11 is 1.61. The van der Waals surface area contributed by atoms with Gasteiger partial charge in [0.2, 0.25) is 0 Å². The Kier molecular flexibility index (Phi) is 4.51. The molecule has 3 rings (SSSR count). The van der Waals surface area contributed by atoms with E-state index in [9.17, 15) is 0 Å². The van der Waals surface area contributed by atoms with Gasteiger partial charge in [-0.2, -0.15) is 5.10 Å². The summed E-state index contributed by atoms with van der Waals surface area (Å²) in [6.07, 6.45) is 1.69. The van der Waals surface area contributed by atoms with Crippen molar-refractivity contribution >= 4 is 23.3 Å². The van der Waals surface area contributed by atoms with E-state index in [0.29, 0.717) is 0 Å². The van der Waals surface area contributed by atoms with E-state index in [4.69, 9.17) is 0 Å². The minimum absolute atomic E-state index is 0.840. The predicted octanol–water partition coefficient (Wildman–Crippen LogP) is 4.32. The summed E-state index contributed by atoms with van der Waals surface area (Å²) in [5, 5.41) is 11.6. The molecule has 0 fully saturated rings. The van der Waals surface area contributed by atoms with Crippen molar-refractivity contribution in [2.45, 2.75) is 6.92 Å². The summed E-state index contributed by atoms with van der Waals surface area (Å²) < 4.78 is 0. The second kappa shape index (κ2) is 6.91. The molecule has 0 aliphatic heterocycles. The Morgan fingerprint density at radius 1 is 0.955 bits per heavy atom. The molecule has 0 bridgehead atoms. The molecule has 0 radical (unpaired) electrons. The quantitative estimate of drug-likeness (QED) is 0.522. The molecule has 0 atom stereocenters. The molecule has 0 saturated heterocycles. The first kappa shape index (κ1) is 14.4. The van der Waals surface area contributed by atoms with E-state index < -0.39 is 0 Å². The molecule has 22 heavy (non-hydrogen) atoms. The molecule has 0 N–H and O–H groups in total. The Hall–Kier alpha value is -2.59. The Bertz CT molecular complexity index is 748. The number of aryl methyl sites for hydroxylation is 1. The van der Waals surface area contributed by atoms with Crippen molar-refractivity contribution in [3.8, 4) is 0 Å². The first-order valence-corrected chi connectivity index (χ1v) is 7.85. The van der Waals surface area contributed by atoms with Crippen LogP contribution in [0.25, 0.3) is 0 Å². The van der Waals surface area contributed by atoms with Crippen LogP contribution in [0.2, 0.25) is 0 Å². The lowest BCUT2D eigenvalue weighted by molar-refractivity contribution is 1.22. The van der Waals surface area contributed by atoms with Crippen LogP contribution in [0.15, 0.2) is 76.2 Å². The zero-order chi connectivity index (χ0) is 15.2. The summed E-state index contributed by atoms with van der Waals surface area (Å²) in [5.74, 6) is 0. The molecule has 0 saturated carbocycles. The zero-order valence-corrected chi connectivity index (χ0v) is 13.0. The summed E-state index contributed by atoms with van der Waals surface area (Å²) in [6, 6.07) is 20.1. The average Bonchev–Trinajstić information content (AvgIpc) is 2.99. The van der Waals surface area contributed by atoms with Crippen molar-refractivity contribution < 1.29 is 0 Å². The van der Waals surface area contributed by atoms with Gasteiger partial charge in [-0.15, -0.1) is 16.4 Å². The molecule has 0 aliphatic carbocycles. The van der Waals surface area contributed by atoms with Gasteiger partial charge in [0.15, 0.2) is 0 Å². The molecule has 1 heterocycles. The summed E-state index contributed by atoms with van der Waals surface area (Å²) in [4.78, 5) is 4.35. The molecule has 4 heteroatoms. The molecule has 0 aliphatic rings. The molecular weight excluding hydrogens is 290 g/mol. The van der Waals surface area contributed by atoms with Crippen molar-refractivity contribution in [2.24, 2.45) is 10.2 Å². The van der Waals surface area contributed by atoms with Gasteiger partial charge in [-0.05, 0) is 6.92 Å². The molecule has 1 aromatic heterocycles. The summed E-state index contributed by atoms with van der Waals surface area (Å²) in [7, 11) is 0. The fourth-order valence-electron chi connectivity index (χ4n) is 2.06. The number of hydrogen-bond donors (Lipinski definition) is 0. The van der Waals surface area contributed by atoms with Crippen LogP contribution in [0.3, 0.4) is 0 Å². The lowest BCUT2D eigenvalue weighted by atomic mass is 10.0. The molecule has 0 spiro atoms. The summed E-state index contributed by atoms with van der Waals surface area (Å²) in [6.45, 7) is 1.98. The van der Waals surface area contributed by atoms with Gasteiger partial charge in [-0.25, -0.2) is 4.98 Å². The van der Waals surface area contributed by atoms with E-state index in [0.717, 1.165) is 27.5 Å². The van der Waals surface area contributed by atoms with E-state index in [1.54, 1.807) is 17.6 Å². The number of rotatable bonds is 4. The minimum Gasteiger partial charge on any atom is -0.240 e. The van der Waals surface area contributed by atoms with Crippen LogP contribution < -0.4 is 0 Å². The smallest absolute Gasteiger partial charge is 0.100 e. The molecule has 3 aromatic rings. The van der Waals surface area contributed by atoms with Gasteiger partial charge in [0.05, 0.1) is 16.9 Å². The maximum atomic E-state index is 4.42. The third-order valence-electron chi connectivity index (χ3n) is 3.08. The van der Waals surface area contributed by atoms with E-state index in [-0.39, 0.29) is 0 Å². The lowest BCUT2D eigenvalue weighted by Gasteiger charge is -2.04. The zero-order valence-electron chi connectivity index (χ0n) is 12.2. The Labute approximate surface area is 133 Å². The SMILES string of the molecule is Cc1nc(/C=N/N=C(c2ccccc2)c2ccccc2)cs1. The van der Waals surface area contributed by atoms with Gasteiger partial charge in [0, 0.05) is 16.5 Å². The molecule has 0 unspecified atom stereocenters. The average molecular weight is 305 g/mol. The van der Waals surface area contributed by atoms with Crippen molar-refractivity contribution in [2.75, 3.05) is 0 Å². The fraction of sp³-hybridized carbons (Fsp3) is 0.0556. The number of hydrogen-bond acceptors (Lipinski definition) is 4. The van der Waals surface area contributed by atoms with Gasteiger partial charge >= 0.3 is 0 Å². The Morgan fingerprint density at radius 2 is 1.55 bits per heavy atom. The third-order valence-corrected chi connectivity index (χ3v) is 3.87. The fourth-order valence-corrected chi connectivity index (χ4v) is 2.62. The van der Waals surface area contributed by atoms with Crippen LogP contribution in [0.5, 0.6) is 0 Å². The minimum atomic E-state index is 0.840. The van der Waals surface area contributed by atoms with E-state index >= 15 is 0 Å². The van der Waals surface area contributed by atoms with Gasteiger partial charge in [-0.3, -0.25) is 0 Å². The van der Waals surface area contributed by atoms with Crippen molar-refractivity contribution in [3.05, 3.63) is 87.9 Å².